The molecule has 25 heavy (non-hydrogen) atoms. The van der Waals surface area contributed by atoms with Gasteiger partial charge in [-0.25, -0.2) is 0 Å². The molecular weight excluding hydrogens is 352 g/mol. The lowest BCUT2D eigenvalue weighted by atomic mass is 10.1. The van der Waals surface area contributed by atoms with Gasteiger partial charge in [0.15, 0.2) is 4.34 Å². The summed E-state index contributed by atoms with van der Waals surface area (Å²) >= 11 is 2.94. The van der Waals surface area contributed by atoms with Crippen molar-refractivity contribution in [2.24, 2.45) is 0 Å². The molecule has 1 aliphatic rings. The quantitative estimate of drug-likeness (QED) is 0.705. The van der Waals surface area contributed by atoms with Crippen LogP contribution in [-0.2, 0) is 11.2 Å². The molecular formula is C18H24N4OS2. The van der Waals surface area contributed by atoms with Gasteiger partial charge in [-0.2, -0.15) is 0 Å². The molecule has 1 heterocycles. The number of benzene rings is 1. The number of para-hydroxylation sites is 1. The second-order valence-electron chi connectivity index (χ2n) is 6.30. The van der Waals surface area contributed by atoms with Crippen LogP contribution >= 0.6 is 23.1 Å². The summed E-state index contributed by atoms with van der Waals surface area (Å²) in [6, 6.07) is 6.66. The molecule has 0 saturated heterocycles. The van der Waals surface area contributed by atoms with Crippen LogP contribution in [0.25, 0.3) is 0 Å². The standard InChI is InChI=1S/C18H24N4OS2/c1-3-13-8-6-7-12(2)16(13)20-17-21-22-18(25-17)24-11-15(23)19-14-9-4-5-10-14/h6-8,14H,3-5,9-11H2,1-2H3,(H,19,23)(H,20,21). The monoisotopic (exact) mass is 376 g/mol. The van der Waals surface area contributed by atoms with Crippen molar-refractivity contribution in [3.8, 4) is 0 Å². The lowest BCUT2D eigenvalue weighted by Crippen LogP contribution is -2.33. The van der Waals surface area contributed by atoms with Crippen molar-refractivity contribution < 1.29 is 4.79 Å². The van der Waals surface area contributed by atoms with Gasteiger partial charge in [-0.15, -0.1) is 10.2 Å². The Kier molecular flexibility index (Phi) is 6.31. The van der Waals surface area contributed by atoms with E-state index in [1.54, 1.807) is 0 Å². The maximum Gasteiger partial charge on any atom is 0.230 e. The summed E-state index contributed by atoms with van der Waals surface area (Å²) in [7, 11) is 0. The van der Waals surface area contributed by atoms with E-state index < -0.39 is 0 Å². The highest BCUT2D eigenvalue weighted by Gasteiger charge is 2.17. The zero-order valence-corrected chi connectivity index (χ0v) is 16.3. The number of rotatable bonds is 7. The van der Waals surface area contributed by atoms with Gasteiger partial charge in [0.2, 0.25) is 11.0 Å². The Morgan fingerprint density at radius 1 is 1.32 bits per heavy atom. The molecule has 5 nitrogen and oxygen atoms in total. The molecule has 134 valence electrons. The SMILES string of the molecule is CCc1cccc(C)c1Nc1nnc(SCC(=O)NC2CCCC2)s1. The summed E-state index contributed by atoms with van der Waals surface area (Å²) in [4.78, 5) is 12.0. The van der Waals surface area contributed by atoms with E-state index in [1.807, 2.05) is 0 Å². The summed E-state index contributed by atoms with van der Waals surface area (Å²) in [6.45, 7) is 4.23. The molecule has 1 aromatic heterocycles. The highest BCUT2D eigenvalue weighted by atomic mass is 32.2. The number of carbonyl (C=O) groups excluding carboxylic acids is 1. The van der Waals surface area contributed by atoms with Crippen molar-refractivity contribution in [2.45, 2.75) is 56.3 Å². The number of hydrogen-bond acceptors (Lipinski definition) is 6. The Hall–Kier alpha value is -1.60. The lowest BCUT2D eigenvalue weighted by Gasteiger charge is -2.11. The Morgan fingerprint density at radius 2 is 2.12 bits per heavy atom. The molecule has 2 aromatic rings. The minimum atomic E-state index is 0.0915. The van der Waals surface area contributed by atoms with Crippen LogP contribution in [0.3, 0.4) is 0 Å². The fourth-order valence-corrected chi connectivity index (χ4v) is 4.66. The van der Waals surface area contributed by atoms with Crippen LogP contribution < -0.4 is 10.6 Å². The number of nitrogens with one attached hydrogen (secondary N) is 2. The number of carbonyl (C=O) groups is 1. The predicted molar refractivity (Wildman–Crippen MR) is 105 cm³/mol. The Bertz CT molecular complexity index is 726. The molecule has 1 saturated carbocycles. The first-order valence-electron chi connectivity index (χ1n) is 8.77. The van der Waals surface area contributed by atoms with Gasteiger partial charge in [0.25, 0.3) is 0 Å². The van der Waals surface area contributed by atoms with E-state index in [4.69, 9.17) is 0 Å². The van der Waals surface area contributed by atoms with Crippen molar-refractivity contribution >= 4 is 39.8 Å². The van der Waals surface area contributed by atoms with Gasteiger partial charge in [-0.05, 0) is 37.3 Å². The zero-order chi connectivity index (χ0) is 17.6. The van der Waals surface area contributed by atoms with E-state index in [0.29, 0.717) is 11.8 Å². The molecule has 0 aliphatic heterocycles. The van der Waals surface area contributed by atoms with E-state index in [0.717, 1.165) is 34.4 Å². The Morgan fingerprint density at radius 3 is 2.88 bits per heavy atom. The highest BCUT2D eigenvalue weighted by molar-refractivity contribution is 8.01. The largest absolute Gasteiger partial charge is 0.353 e. The van der Waals surface area contributed by atoms with E-state index in [9.17, 15) is 4.79 Å². The van der Waals surface area contributed by atoms with E-state index in [1.165, 1.54) is 47.1 Å². The number of aryl methyl sites for hydroxylation is 2. The molecule has 0 unspecified atom stereocenters. The molecule has 3 rings (SSSR count). The summed E-state index contributed by atoms with van der Waals surface area (Å²) in [5, 5.41) is 15.7. The first kappa shape index (κ1) is 18.2. The highest BCUT2D eigenvalue weighted by Crippen LogP contribution is 2.30. The number of hydrogen-bond donors (Lipinski definition) is 2. The summed E-state index contributed by atoms with van der Waals surface area (Å²) in [5.41, 5.74) is 3.57. The molecule has 1 amide bonds. The third-order valence-electron chi connectivity index (χ3n) is 4.43. The van der Waals surface area contributed by atoms with Crippen molar-refractivity contribution in [2.75, 3.05) is 11.1 Å². The number of anilines is 2. The fraction of sp³-hybridized carbons (Fsp3) is 0.500. The zero-order valence-electron chi connectivity index (χ0n) is 14.7. The smallest absolute Gasteiger partial charge is 0.230 e. The van der Waals surface area contributed by atoms with Gasteiger partial charge in [-0.3, -0.25) is 4.79 Å². The van der Waals surface area contributed by atoms with Gasteiger partial charge < -0.3 is 10.6 Å². The van der Waals surface area contributed by atoms with Gasteiger partial charge in [0.05, 0.1) is 5.75 Å². The van der Waals surface area contributed by atoms with Gasteiger partial charge >= 0.3 is 0 Å². The van der Waals surface area contributed by atoms with Crippen LogP contribution in [0.2, 0.25) is 0 Å². The minimum absolute atomic E-state index is 0.0915. The Balaban J connectivity index is 1.55. The van der Waals surface area contributed by atoms with E-state index >= 15 is 0 Å². The van der Waals surface area contributed by atoms with Crippen LogP contribution in [0.5, 0.6) is 0 Å². The molecule has 0 bridgehead atoms. The maximum atomic E-state index is 12.0. The molecule has 0 atom stereocenters. The average molecular weight is 377 g/mol. The summed E-state index contributed by atoms with van der Waals surface area (Å²) in [6.07, 6.45) is 5.63. The second-order valence-corrected chi connectivity index (χ2v) is 8.50. The molecule has 1 fully saturated rings. The number of amides is 1. The molecule has 1 aromatic carbocycles. The molecule has 1 aliphatic carbocycles. The number of nitrogens with zero attached hydrogens (tertiary/aromatic N) is 2. The fourth-order valence-electron chi connectivity index (χ4n) is 3.09. The molecule has 7 heteroatoms. The first-order chi connectivity index (χ1) is 12.2. The topological polar surface area (TPSA) is 66.9 Å². The summed E-state index contributed by atoms with van der Waals surface area (Å²) in [5.74, 6) is 0.490. The van der Waals surface area contributed by atoms with Gasteiger partial charge in [0.1, 0.15) is 0 Å². The third kappa shape index (κ3) is 4.95. The number of thioether (sulfide) groups is 1. The average Bonchev–Trinajstić information content (AvgIpc) is 3.27. The van der Waals surface area contributed by atoms with Crippen LogP contribution in [0, 0.1) is 6.92 Å². The van der Waals surface area contributed by atoms with Crippen LogP contribution in [-0.4, -0.2) is 27.9 Å². The van der Waals surface area contributed by atoms with E-state index in [-0.39, 0.29) is 5.91 Å². The van der Waals surface area contributed by atoms with Crippen LogP contribution in [0.1, 0.15) is 43.7 Å². The summed E-state index contributed by atoms with van der Waals surface area (Å²) < 4.78 is 0.815. The third-order valence-corrected chi connectivity index (χ3v) is 6.40. The normalized spacial score (nSPS) is 14.6. The van der Waals surface area contributed by atoms with Crippen LogP contribution in [0.4, 0.5) is 10.8 Å². The molecule has 0 spiro atoms. The minimum Gasteiger partial charge on any atom is -0.353 e. The predicted octanol–water partition coefficient (Wildman–Crippen LogP) is 4.30. The van der Waals surface area contributed by atoms with Gasteiger partial charge in [0, 0.05) is 11.7 Å². The van der Waals surface area contributed by atoms with E-state index in [2.05, 4.69) is 52.9 Å². The Labute approximate surface area is 157 Å². The van der Waals surface area contributed by atoms with Gasteiger partial charge in [-0.1, -0.05) is 61.1 Å². The number of aromatic nitrogens is 2. The first-order valence-corrected chi connectivity index (χ1v) is 10.6. The second kappa shape index (κ2) is 8.67. The van der Waals surface area contributed by atoms with Crippen molar-refractivity contribution in [1.82, 2.24) is 15.5 Å². The van der Waals surface area contributed by atoms with Crippen molar-refractivity contribution in [1.29, 1.82) is 0 Å². The van der Waals surface area contributed by atoms with Crippen molar-refractivity contribution in [3.05, 3.63) is 29.3 Å². The molecule has 0 radical (unpaired) electrons. The lowest BCUT2D eigenvalue weighted by molar-refractivity contribution is -0.119. The van der Waals surface area contributed by atoms with Crippen LogP contribution in [0.15, 0.2) is 22.5 Å². The van der Waals surface area contributed by atoms with Crippen molar-refractivity contribution in [3.63, 3.8) is 0 Å². The maximum absolute atomic E-state index is 12.0. The molecule has 2 N–H and O–H groups in total.